The zero-order valence-corrected chi connectivity index (χ0v) is 9.74. The van der Waals surface area contributed by atoms with Crippen LogP contribution < -0.4 is 4.72 Å². The third-order valence-corrected chi connectivity index (χ3v) is 4.43. The van der Waals surface area contributed by atoms with Gasteiger partial charge in [-0.25, -0.2) is 0 Å². The fraction of sp³-hybridized carbons (Fsp3) is 0.889. The van der Waals surface area contributed by atoms with Gasteiger partial charge in [0.05, 0.1) is 6.42 Å². The number of aliphatic carboxylic acids is 1. The van der Waals surface area contributed by atoms with Crippen molar-refractivity contribution in [3.63, 3.8) is 0 Å². The van der Waals surface area contributed by atoms with Gasteiger partial charge in [0.1, 0.15) is 0 Å². The van der Waals surface area contributed by atoms with E-state index in [1.165, 1.54) is 4.31 Å². The summed E-state index contributed by atoms with van der Waals surface area (Å²) in [4.78, 5) is 10.5. The number of nitrogens with zero attached hydrogens (tertiary/aromatic N) is 1. The molecule has 16 heavy (non-hydrogen) atoms. The molecule has 0 aromatic heterocycles. The SMILES string of the molecule is O=C(O)CCN(C1CC1)S(=O)(=O)NC1CC1. The Balaban J connectivity index is 1.96. The van der Waals surface area contributed by atoms with E-state index in [0.29, 0.717) is 0 Å². The van der Waals surface area contributed by atoms with E-state index in [0.717, 1.165) is 25.7 Å². The molecule has 2 fully saturated rings. The number of carbonyl (C=O) groups is 1. The summed E-state index contributed by atoms with van der Waals surface area (Å²) in [5.41, 5.74) is 0. The van der Waals surface area contributed by atoms with Crippen LogP contribution in [0.15, 0.2) is 0 Å². The maximum Gasteiger partial charge on any atom is 0.304 e. The predicted octanol–water partition coefficient (Wildman–Crippen LogP) is -0.0777. The van der Waals surface area contributed by atoms with Crippen molar-refractivity contribution in [1.82, 2.24) is 9.03 Å². The van der Waals surface area contributed by atoms with Crippen LogP contribution in [0.4, 0.5) is 0 Å². The highest BCUT2D eigenvalue weighted by Gasteiger charge is 2.39. The van der Waals surface area contributed by atoms with Crippen LogP contribution in [-0.4, -0.2) is 42.4 Å². The fourth-order valence-electron chi connectivity index (χ4n) is 1.55. The Morgan fingerprint density at radius 3 is 2.38 bits per heavy atom. The van der Waals surface area contributed by atoms with Gasteiger partial charge in [-0.3, -0.25) is 4.79 Å². The Kier molecular flexibility index (Phi) is 3.18. The van der Waals surface area contributed by atoms with Crippen molar-refractivity contribution in [2.45, 2.75) is 44.2 Å². The van der Waals surface area contributed by atoms with Crippen molar-refractivity contribution in [1.29, 1.82) is 0 Å². The monoisotopic (exact) mass is 248 g/mol. The highest BCUT2D eigenvalue weighted by Crippen LogP contribution is 2.30. The summed E-state index contributed by atoms with van der Waals surface area (Å²) in [7, 11) is -3.47. The molecular formula is C9H16N2O4S. The van der Waals surface area contributed by atoms with Crippen LogP contribution in [0, 0.1) is 0 Å². The maximum atomic E-state index is 11.9. The van der Waals surface area contributed by atoms with E-state index in [2.05, 4.69) is 4.72 Å². The third-order valence-electron chi connectivity index (χ3n) is 2.70. The molecule has 2 aliphatic rings. The molecule has 7 heteroatoms. The molecule has 2 N–H and O–H groups in total. The first-order valence-corrected chi connectivity index (χ1v) is 6.94. The Labute approximate surface area is 94.8 Å². The van der Waals surface area contributed by atoms with Gasteiger partial charge < -0.3 is 5.11 Å². The molecule has 92 valence electrons. The Hall–Kier alpha value is -0.660. The third kappa shape index (κ3) is 3.16. The summed E-state index contributed by atoms with van der Waals surface area (Å²) in [5, 5.41) is 8.58. The van der Waals surface area contributed by atoms with Crippen LogP contribution in [0.25, 0.3) is 0 Å². The summed E-state index contributed by atoms with van der Waals surface area (Å²) in [6, 6.07) is 0.0756. The number of carboxylic acids is 1. The average Bonchev–Trinajstić information content (AvgIpc) is 2.95. The zero-order valence-electron chi connectivity index (χ0n) is 8.92. The molecule has 0 heterocycles. The lowest BCUT2D eigenvalue weighted by Crippen LogP contribution is -2.43. The van der Waals surface area contributed by atoms with Crippen LogP contribution in [0.3, 0.4) is 0 Å². The molecule has 2 aliphatic carbocycles. The highest BCUT2D eigenvalue weighted by atomic mass is 32.2. The highest BCUT2D eigenvalue weighted by molar-refractivity contribution is 7.87. The minimum Gasteiger partial charge on any atom is -0.481 e. The number of nitrogens with one attached hydrogen (secondary N) is 1. The lowest BCUT2D eigenvalue weighted by molar-refractivity contribution is -0.137. The molecule has 0 spiro atoms. The summed E-state index contributed by atoms with van der Waals surface area (Å²) < 4.78 is 27.7. The molecule has 0 aliphatic heterocycles. The summed E-state index contributed by atoms with van der Waals surface area (Å²) >= 11 is 0. The van der Waals surface area contributed by atoms with Crippen LogP contribution >= 0.6 is 0 Å². The molecule has 0 atom stereocenters. The van der Waals surface area contributed by atoms with E-state index in [1.807, 2.05) is 0 Å². The van der Waals surface area contributed by atoms with Crippen molar-refractivity contribution in [2.75, 3.05) is 6.54 Å². The summed E-state index contributed by atoms with van der Waals surface area (Å²) in [5.74, 6) is -0.965. The van der Waals surface area contributed by atoms with E-state index in [-0.39, 0.29) is 25.0 Å². The number of hydrogen-bond donors (Lipinski definition) is 2. The molecule has 0 unspecified atom stereocenters. The predicted molar refractivity (Wildman–Crippen MR) is 57.1 cm³/mol. The number of rotatable bonds is 7. The van der Waals surface area contributed by atoms with Gasteiger partial charge in [-0.15, -0.1) is 0 Å². The van der Waals surface area contributed by atoms with Crippen LogP contribution in [0.5, 0.6) is 0 Å². The first kappa shape index (κ1) is 11.8. The number of hydrogen-bond acceptors (Lipinski definition) is 3. The van der Waals surface area contributed by atoms with E-state index in [9.17, 15) is 13.2 Å². The molecule has 0 radical (unpaired) electrons. The Morgan fingerprint density at radius 2 is 1.94 bits per heavy atom. The molecule has 0 saturated heterocycles. The first-order chi connectivity index (χ1) is 7.49. The topological polar surface area (TPSA) is 86.7 Å². The Bertz CT molecular complexity index is 373. The van der Waals surface area contributed by atoms with Gasteiger partial charge in [0, 0.05) is 18.6 Å². The van der Waals surface area contributed by atoms with Crippen LogP contribution in [0.1, 0.15) is 32.1 Å². The van der Waals surface area contributed by atoms with E-state index < -0.39 is 16.2 Å². The van der Waals surface area contributed by atoms with Gasteiger partial charge in [-0.05, 0) is 25.7 Å². The molecule has 2 rings (SSSR count). The summed E-state index contributed by atoms with van der Waals surface area (Å²) in [6.45, 7) is 0.0715. The fourth-order valence-corrected chi connectivity index (χ4v) is 3.27. The Morgan fingerprint density at radius 1 is 1.31 bits per heavy atom. The summed E-state index contributed by atoms with van der Waals surface area (Å²) in [6.07, 6.45) is 3.31. The lowest BCUT2D eigenvalue weighted by Gasteiger charge is -2.21. The quantitative estimate of drug-likeness (QED) is 0.660. The molecule has 6 nitrogen and oxygen atoms in total. The molecule has 0 amide bonds. The van der Waals surface area contributed by atoms with E-state index >= 15 is 0 Å². The van der Waals surface area contributed by atoms with Gasteiger partial charge in [-0.2, -0.15) is 17.4 Å². The van der Waals surface area contributed by atoms with Crippen molar-refractivity contribution in [2.24, 2.45) is 0 Å². The minimum atomic E-state index is -3.47. The standard InChI is InChI=1S/C9H16N2O4S/c12-9(13)5-6-11(8-3-4-8)16(14,15)10-7-1-2-7/h7-8,10H,1-6H2,(H,12,13). The van der Waals surface area contributed by atoms with Crippen LogP contribution in [0.2, 0.25) is 0 Å². The first-order valence-electron chi connectivity index (χ1n) is 5.50. The van der Waals surface area contributed by atoms with Crippen molar-refractivity contribution in [3.05, 3.63) is 0 Å². The minimum absolute atomic E-state index is 0.00981. The second-order valence-corrected chi connectivity index (χ2v) is 6.04. The van der Waals surface area contributed by atoms with Gasteiger partial charge in [0.25, 0.3) is 10.2 Å². The zero-order chi connectivity index (χ0) is 11.8. The van der Waals surface area contributed by atoms with Gasteiger partial charge >= 0.3 is 5.97 Å². The lowest BCUT2D eigenvalue weighted by atomic mass is 10.4. The molecule has 0 aromatic rings. The number of carboxylic acid groups (broad SMARTS) is 1. The molecule has 2 saturated carbocycles. The van der Waals surface area contributed by atoms with Gasteiger partial charge in [-0.1, -0.05) is 0 Å². The van der Waals surface area contributed by atoms with Crippen molar-refractivity contribution < 1.29 is 18.3 Å². The smallest absolute Gasteiger partial charge is 0.304 e. The second kappa shape index (κ2) is 4.31. The largest absolute Gasteiger partial charge is 0.481 e. The van der Waals surface area contributed by atoms with Gasteiger partial charge in [0.2, 0.25) is 0 Å². The molecular weight excluding hydrogens is 232 g/mol. The second-order valence-electron chi connectivity index (χ2n) is 4.38. The average molecular weight is 248 g/mol. The van der Waals surface area contributed by atoms with Crippen molar-refractivity contribution in [3.8, 4) is 0 Å². The van der Waals surface area contributed by atoms with E-state index in [4.69, 9.17) is 5.11 Å². The molecule has 0 bridgehead atoms. The van der Waals surface area contributed by atoms with Gasteiger partial charge in [0.15, 0.2) is 0 Å². The van der Waals surface area contributed by atoms with E-state index in [1.54, 1.807) is 0 Å². The van der Waals surface area contributed by atoms with Crippen LogP contribution in [-0.2, 0) is 15.0 Å². The van der Waals surface area contributed by atoms with Crippen molar-refractivity contribution >= 4 is 16.2 Å². The maximum absolute atomic E-state index is 11.9. The molecule has 0 aromatic carbocycles. The normalized spacial score (nSPS) is 21.3.